The Morgan fingerprint density at radius 1 is 1.60 bits per heavy atom. The molecular formula is C4H6Cl2N2OS. The maximum absolute atomic E-state index is 10.2. The fourth-order valence-corrected chi connectivity index (χ4v) is 0.834. The highest BCUT2D eigenvalue weighted by Gasteiger charge is 1.98. The molecular weight excluding hydrogens is 195 g/mol. The molecule has 2 N–H and O–H groups in total. The summed E-state index contributed by atoms with van der Waals surface area (Å²) < 4.78 is 0. The van der Waals surface area contributed by atoms with Crippen LogP contribution in [0, 0.1) is 0 Å². The standard InChI is InChI=1S/C4H4N2OS.2ClH/c5-3(7)4-6-1-2-8-4;;/h1-2H,(H2,5,7);2*1H. The molecule has 0 bridgehead atoms. The van der Waals surface area contributed by atoms with Crippen molar-refractivity contribution in [2.24, 2.45) is 5.73 Å². The number of aromatic nitrogens is 1. The first-order valence-electron chi connectivity index (χ1n) is 2.00. The van der Waals surface area contributed by atoms with E-state index in [0.717, 1.165) is 0 Å². The molecule has 1 amide bonds. The van der Waals surface area contributed by atoms with Gasteiger partial charge in [-0.25, -0.2) is 4.98 Å². The average molecular weight is 201 g/mol. The zero-order valence-electron chi connectivity index (χ0n) is 4.81. The molecule has 1 aromatic rings. The van der Waals surface area contributed by atoms with E-state index in [2.05, 4.69) is 4.98 Å². The van der Waals surface area contributed by atoms with Crippen molar-refractivity contribution in [2.45, 2.75) is 0 Å². The fourth-order valence-electron chi connectivity index (χ4n) is 0.345. The van der Waals surface area contributed by atoms with Gasteiger partial charge in [-0.2, -0.15) is 0 Å². The molecule has 1 rings (SSSR count). The van der Waals surface area contributed by atoms with Crippen LogP contribution in [0.2, 0.25) is 0 Å². The number of hydrogen-bond donors (Lipinski definition) is 1. The monoisotopic (exact) mass is 200 g/mol. The zero-order chi connectivity index (χ0) is 5.98. The van der Waals surface area contributed by atoms with Gasteiger partial charge in [-0.3, -0.25) is 4.79 Å². The van der Waals surface area contributed by atoms with Crippen LogP contribution in [0.25, 0.3) is 0 Å². The van der Waals surface area contributed by atoms with Crippen LogP contribution in [0.4, 0.5) is 0 Å². The second kappa shape index (κ2) is 5.46. The predicted molar refractivity (Wildman–Crippen MR) is 45.1 cm³/mol. The van der Waals surface area contributed by atoms with E-state index in [1.807, 2.05) is 0 Å². The second-order valence-electron chi connectivity index (χ2n) is 1.20. The van der Waals surface area contributed by atoms with E-state index < -0.39 is 5.91 Å². The molecule has 1 aromatic heterocycles. The highest BCUT2D eigenvalue weighted by Crippen LogP contribution is 2.00. The van der Waals surface area contributed by atoms with Gasteiger partial charge in [0, 0.05) is 11.6 Å². The summed E-state index contributed by atoms with van der Waals surface area (Å²) in [6, 6.07) is 0. The molecule has 0 atom stereocenters. The number of hydrogen-bond acceptors (Lipinski definition) is 3. The molecule has 0 radical (unpaired) electrons. The van der Waals surface area contributed by atoms with Gasteiger partial charge in [0.1, 0.15) is 0 Å². The van der Waals surface area contributed by atoms with Gasteiger partial charge in [0.25, 0.3) is 5.91 Å². The van der Waals surface area contributed by atoms with E-state index in [9.17, 15) is 4.79 Å². The van der Waals surface area contributed by atoms with Crippen molar-refractivity contribution in [3.05, 3.63) is 16.6 Å². The maximum atomic E-state index is 10.2. The molecule has 0 fully saturated rings. The summed E-state index contributed by atoms with van der Waals surface area (Å²) in [5.74, 6) is -0.458. The molecule has 0 saturated heterocycles. The first-order chi connectivity index (χ1) is 3.80. The fraction of sp³-hybridized carbons (Fsp3) is 0. The molecule has 0 aliphatic rings. The Morgan fingerprint density at radius 2 is 2.20 bits per heavy atom. The number of amides is 1. The van der Waals surface area contributed by atoms with Gasteiger partial charge >= 0.3 is 0 Å². The number of rotatable bonds is 1. The summed E-state index contributed by atoms with van der Waals surface area (Å²) in [4.78, 5) is 13.9. The van der Waals surface area contributed by atoms with E-state index in [0.29, 0.717) is 5.01 Å². The lowest BCUT2D eigenvalue weighted by molar-refractivity contribution is 0.1000. The lowest BCUT2D eigenvalue weighted by Crippen LogP contribution is -2.09. The third-order valence-electron chi connectivity index (χ3n) is 0.643. The van der Waals surface area contributed by atoms with Crippen LogP contribution >= 0.6 is 36.2 Å². The molecule has 0 spiro atoms. The Morgan fingerprint density at radius 3 is 2.40 bits per heavy atom. The summed E-state index contributed by atoms with van der Waals surface area (Å²) in [6.45, 7) is 0. The SMILES string of the molecule is Cl.Cl.NC(=O)c1nccs1. The largest absolute Gasteiger partial charge is 0.364 e. The van der Waals surface area contributed by atoms with Crippen LogP contribution in [-0.2, 0) is 0 Å². The van der Waals surface area contributed by atoms with Gasteiger partial charge in [0.15, 0.2) is 5.01 Å². The van der Waals surface area contributed by atoms with E-state index in [1.165, 1.54) is 11.3 Å². The molecule has 0 aliphatic heterocycles. The minimum atomic E-state index is -0.458. The van der Waals surface area contributed by atoms with Crippen LogP contribution in [0.15, 0.2) is 11.6 Å². The minimum Gasteiger partial charge on any atom is -0.364 e. The lowest BCUT2D eigenvalue weighted by atomic mass is 10.7. The van der Waals surface area contributed by atoms with Crippen molar-refractivity contribution in [3.63, 3.8) is 0 Å². The number of nitrogens with zero attached hydrogens (tertiary/aromatic N) is 1. The zero-order valence-corrected chi connectivity index (χ0v) is 7.26. The lowest BCUT2D eigenvalue weighted by Gasteiger charge is -1.78. The van der Waals surface area contributed by atoms with E-state index in [-0.39, 0.29) is 24.8 Å². The number of thiazole rings is 1. The van der Waals surface area contributed by atoms with Crippen LogP contribution in [0.1, 0.15) is 9.80 Å². The van der Waals surface area contributed by atoms with E-state index >= 15 is 0 Å². The first kappa shape index (κ1) is 12.4. The van der Waals surface area contributed by atoms with Crippen molar-refractivity contribution in [3.8, 4) is 0 Å². The third kappa shape index (κ3) is 3.00. The molecule has 10 heavy (non-hydrogen) atoms. The van der Waals surface area contributed by atoms with Crippen molar-refractivity contribution in [1.29, 1.82) is 0 Å². The molecule has 6 heteroatoms. The summed E-state index contributed by atoms with van der Waals surface area (Å²) in [5, 5.41) is 2.07. The van der Waals surface area contributed by atoms with E-state index in [4.69, 9.17) is 5.73 Å². The molecule has 3 nitrogen and oxygen atoms in total. The summed E-state index contributed by atoms with van der Waals surface area (Å²) in [7, 11) is 0. The van der Waals surface area contributed by atoms with Crippen molar-refractivity contribution >= 4 is 42.1 Å². The van der Waals surface area contributed by atoms with Crippen LogP contribution in [-0.4, -0.2) is 10.9 Å². The molecule has 0 aliphatic carbocycles. The van der Waals surface area contributed by atoms with Gasteiger partial charge in [-0.1, -0.05) is 0 Å². The molecule has 1 heterocycles. The van der Waals surface area contributed by atoms with Gasteiger partial charge in [-0.05, 0) is 0 Å². The maximum Gasteiger partial charge on any atom is 0.277 e. The first-order valence-corrected chi connectivity index (χ1v) is 2.88. The highest BCUT2D eigenvalue weighted by molar-refractivity contribution is 7.11. The summed E-state index contributed by atoms with van der Waals surface area (Å²) in [5.41, 5.74) is 4.87. The van der Waals surface area contributed by atoms with Crippen molar-refractivity contribution < 1.29 is 4.79 Å². The van der Waals surface area contributed by atoms with Gasteiger partial charge in [0.2, 0.25) is 0 Å². The minimum absolute atomic E-state index is 0. The van der Waals surface area contributed by atoms with Crippen LogP contribution in [0.3, 0.4) is 0 Å². The average Bonchev–Trinajstić information content (AvgIpc) is 2.12. The van der Waals surface area contributed by atoms with Crippen molar-refractivity contribution in [2.75, 3.05) is 0 Å². The van der Waals surface area contributed by atoms with Gasteiger partial charge in [0.05, 0.1) is 0 Å². The molecule has 0 aromatic carbocycles. The quantitative estimate of drug-likeness (QED) is 0.739. The second-order valence-corrected chi connectivity index (χ2v) is 2.10. The number of halogens is 2. The Bertz CT molecular complexity index is 189. The van der Waals surface area contributed by atoms with Crippen LogP contribution in [0.5, 0.6) is 0 Å². The van der Waals surface area contributed by atoms with Gasteiger partial charge < -0.3 is 5.73 Å². The smallest absolute Gasteiger partial charge is 0.277 e. The molecule has 58 valence electrons. The van der Waals surface area contributed by atoms with Gasteiger partial charge in [-0.15, -0.1) is 36.2 Å². The highest BCUT2D eigenvalue weighted by atomic mass is 35.5. The third-order valence-corrected chi connectivity index (χ3v) is 1.43. The molecule has 0 unspecified atom stereocenters. The topological polar surface area (TPSA) is 56.0 Å². The number of carbonyl (C=O) groups excluding carboxylic acids is 1. The number of nitrogens with two attached hydrogens (primary N) is 1. The predicted octanol–water partition coefficient (Wildman–Crippen LogP) is 1.09. The van der Waals surface area contributed by atoms with Crippen LogP contribution < -0.4 is 5.73 Å². The Labute approximate surface area is 74.5 Å². The Balaban J connectivity index is 0. The van der Waals surface area contributed by atoms with Crippen molar-refractivity contribution in [1.82, 2.24) is 4.98 Å². The normalized spacial score (nSPS) is 7.20. The molecule has 0 saturated carbocycles. The summed E-state index contributed by atoms with van der Waals surface area (Å²) >= 11 is 1.25. The van der Waals surface area contributed by atoms with E-state index in [1.54, 1.807) is 11.6 Å². The Hall–Kier alpha value is -0.320. The Kier molecular flexibility index (Phi) is 6.76. The number of carbonyl (C=O) groups is 1. The summed E-state index contributed by atoms with van der Waals surface area (Å²) in [6.07, 6.45) is 1.55. The number of primary amides is 1.